The lowest BCUT2D eigenvalue weighted by atomic mass is 9.90. The Bertz CT molecular complexity index is 1040. The van der Waals surface area contributed by atoms with Crippen LogP contribution in [0.2, 0.25) is 5.02 Å². The predicted molar refractivity (Wildman–Crippen MR) is 125 cm³/mol. The Balaban J connectivity index is 1.49. The van der Waals surface area contributed by atoms with Crippen LogP contribution in [-0.2, 0) is 15.9 Å². The zero-order valence-electron chi connectivity index (χ0n) is 18.6. The van der Waals surface area contributed by atoms with Gasteiger partial charge in [0, 0.05) is 23.4 Å². The maximum absolute atomic E-state index is 10.5. The van der Waals surface area contributed by atoms with Gasteiger partial charge in [0.15, 0.2) is 0 Å². The molecule has 182 valence electrons. The lowest BCUT2D eigenvalue weighted by molar-refractivity contribution is -0.231. The van der Waals surface area contributed by atoms with Crippen LogP contribution in [0.1, 0.15) is 41.2 Å². The number of hydrogen-bond acceptors (Lipinski definition) is 7. The Morgan fingerprint density at radius 1 is 0.971 bits per heavy atom. The number of aliphatic hydroxyl groups is 5. The molecule has 0 spiro atoms. The summed E-state index contributed by atoms with van der Waals surface area (Å²) in [6.45, 7) is 0.530. The van der Waals surface area contributed by atoms with Crippen molar-refractivity contribution in [2.45, 2.75) is 55.4 Å². The van der Waals surface area contributed by atoms with Crippen molar-refractivity contribution in [3.63, 3.8) is 0 Å². The van der Waals surface area contributed by atoms with Crippen molar-refractivity contribution in [3.05, 3.63) is 69.7 Å². The summed E-state index contributed by atoms with van der Waals surface area (Å²) in [5.74, 6) is 6.01. The molecule has 0 aliphatic carbocycles. The molecule has 7 nitrogen and oxygen atoms in total. The summed E-state index contributed by atoms with van der Waals surface area (Å²) in [4.78, 5) is 0. The molecule has 2 saturated heterocycles. The minimum Gasteiger partial charge on any atom is -0.394 e. The van der Waals surface area contributed by atoms with Gasteiger partial charge >= 0.3 is 0 Å². The highest BCUT2D eigenvalue weighted by molar-refractivity contribution is 6.31. The second kappa shape index (κ2) is 10.7. The highest BCUT2D eigenvalue weighted by atomic mass is 35.5. The first-order valence-corrected chi connectivity index (χ1v) is 11.7. The smallest absolute Gasteiger partial charge is 0.130 e. The topological polar surface area (TPSA) is 120 Å². The third-order valence-corrected chi connectivity index (χ3v) is 6.77. The van der Waals surface area contributed by atoms with Crippen LogP contribution < -0.4 is 0 Å². The molecule has 0 unspecified atom stereocenters. The van der Waals surface area contributed by atoms with Crippen molar-refractivity contribution in [3.8, 4) is 11.8 Å². The van der Waals surface area contributed by atoms with Gasteiger partial charge in [-0.15, -0.1) is 0 Å². The molecule has 0 bridgehead atoms. The van der Waals surface area contributed by atoms with E-state index in [4.69, 9.17) is 21.1 Å². The van der Waals surface area contributed by atoms with E-state index in [1.807, 2.05) is 24.3 Å². The van der Waals surface area contributed by atoms with Crippen molar-refractivity contribution in [2.24, 2.45) is 0 Å². The van der Waals surface area contributed by atoms with E-state index in [0.29, 0.717) is 43.1 Å². The molecule has 2 fully saturated rings. The molecule has 8 heteroatoms. The molecule has 2 aromatic rings. The average molecular weight is 489 g/mol. The molecule has 0 radical (unpaired) electrons. The van der Waals surface area contributed by atoms with Crippen LogP contribution in [0.25, 0.3) is 0 Å². The lowest BCUT2D eigenvalue weighted by Crippen LogP contribution is -2.55. The van der Waals surface area contributed by atoms with E-state index in [1.54, 1.807) is 18.2 Å². The van der Waals surface area contributed by atoms with Gasteiger partial charge in [-0.1, -0.05) is 47.7 Å². The number of halogens is 1. The van der Waals surface area contributed by atoms with Crippen LogP contribution in [0.4, 0.5) is 0 Å². The van der Waals surface area contributed by atoms with Crippen LogP contribution in [0.5, 0.6) is 0 Å². The maximum atomic E-state index is 10.5. The van der Waals surface area contributed by atoms with E-state index in [9.17, 15) is 25.5 Å². The van der Waals surface area contributed by atoms with Crippen LogP contribution >= 0.6 is 11.6 Å². The minimum absolute atomic E-state index is 0.484. The van der Waals surface area contributed by atoms with E-state index >= 15 is 0 Å². The molecule has 0 aromatic heterocycles. The largest absolute Gasteiger partial charge is 0.394 e. The van der Waals surface area contributed by atoms with Gasteiger partial charge in [0.1, 0.15) is 36.1 Å². The Morgan fingerprint density at radius 2 is 1.68 bits per heavy atom. The van der Waals surface area contributed by atoms with Gasteiger partial charge in [-0.25, -0.2) is 0 Å². The number of ether oxygens (including phenoxy) is 2. The molecule has 0 amide bonds. The van der Waals surface area contributed by atoms with Gasteiger partial charge in [0.2, 0.25) is 0 Å². The van der Waals surface area contributed by atoms with Crippen LogP contribution in [0.15, 0.2) is 42.5 Å². The van der Waals surface area contributed by atoms with Crippen molar-refractivity contribution in [1.82, 2.24) is 0 Å². The summed E-state index contributed by atoms with van der Waals surface area (Å²) in [6, 6.07) is 12.8. The van der Waals surface area contributed by atoms with E-state index in [2.05, 4.69) is 11.8 Å². The molecule has 2 aliphatic heterocycles. The third kappa shape index (κ3) is 5.62. The summed E-state index contributed by atoms with van der Waals surface area (Å²) in [5.41, 5.74) is 2.16. The standard InChI is InChI=1S/C26H29ClO7/c27-20-6-5-18(25-24(31)23(30)22(29)21(15-28)34-25)14-19(20)13-17-3-1-16(2-4-17)7-8-26(32)9-11-33-12-10-26/h1-6,14,21-25,28-32H,9-13,15H2/t21-,22-,23+,24-,25+/m1/s1. The molecule has 5 N–H and O–H groups in total. The van der Waals surface area contributed by atoms with Crippen molar-refractivity contribution in [2.75, 3.05) is 19.8 Å². The number of aliphatic hydroxyl groups excluding tert-OH is 4. The summed E-state index contributed by atoms with van der Waals surface area (Å²) >= 11 is 6.42. The number of rotatable bonds is 4. The average Bonchev–Trinajstić information content (AvgIpc) is 2.84. The lowest BCUT2D eigenvalue weighted by Gasteiger charge is -2.40. The first-order chi connectivity index (χ1) is 16.3. The highest BCUT2D eigenvalue weighted by Crippen LogP contribution is 2.34. The summed E-state index contributed by atoms with van der Waals surface area (Å²) in [5, 5.41) is 51.0. The van der Waals surface area contributed by atoms with Crippen LogP contribution in [-0.4, -0.2) is 75.4 Å². The summed E-state index contributed by atoms with van der Waals surface area (Å²) < 4.78 is 10.9. The van der Waals surface area contributed by atoms with Crippen molar-refractivity contribution < 1.29 is 35.0 Å². The molecule has 2 heterocycles. The molecule has 2 aliphatic rings. The fourth-order valence-electron chi connectivity index (χ4n) is 4.23. The summed E-state index contributed by atoms with van der Waals surface area (Å²) in [7, 11) is 0. The van der Waals surface area contributed by atoms with Gasteiger partial charge in [-0.2, -0.15) is 0 Å². The zero-order chi connectivity index (χ0) is 24.3. The van der Waals surface area contributed by atoms with Gasteiger partial charge in [0.25, 0.3) is 0 Å². The normalized spacial score (nSPS) is 28.7. The quantitative estimate of drug-likeness (QED) is 0.412. The Hall–Kier alpha value is -1.99. The molecule has 5 atom stereocenters. The fraction of sp³-hybridized carbons (Fsp3) is 0.462. The second-order valence-corrected chi connectivity index (χ2v) is 9.28. The molecular formula is C26H29ClO7. The predicted octanol–water partition coefficient (Wildman–Crippen LogP) is 1.34. The maximum Gasteiger partial charge on any atom is 0.130 e. The molecule has 34 heavy (non-hydrogen) atoms. The Morgan fingerprint density at radius 3 is 2.35 bits per heavy atom. The Labute approximate surface area is 203 Å². The van der Waals surface area contributed by atoms with Gasteiger partial charge < -0.3 is 35.0 Å². The second-order valence-electron chi connectivity index (χ2n) is 8.87. The third-order valence-electron chi connectivity index (χ3n) is 6.40. The summed E-state index contributed by atoms with van der Waals surface area (Å²) in [6.07, 6.45) is -4.58. The van der Waals surface area contributed by atoms with Crippen molar-refractivity contribution in [1.29, 1.82) is 0 Å². The van der Waals surface area contributed by atoms with E-state index in [1.165, 1.54) is 0 Å². The van der Waals surface area contributed by atoms with Gasteiger partial charge in [-0.05, 0) is 41.3 Å². The molecule has 4 rings (SSSR count). The number of hydrogen-bond donors (Lipinski definition) is 5. The van der Waals surface area contributed by atoms with Gasteiger partial charge in [-0.3, -0.25) is 0 Å². The zero-order valence-corrected chi connectivity index (χ0v) is 19.4. The number of benzene rings is 2. The SMILES string of the molecule is OC[C@H]1O[C@@H](c2ccc(Cl)c(Cc3ccc(C#CC4(O)CCOCC4)cc3)c2)[C@H](O)[C@@H](O)[C@@H]1O. The van der Waals surface area contributed by atoms with Gasteiger partial charge in [0.05, 0.1) is 19.8 Å². The first kappa shape index (κ1) is 25.1. The monoisotopic (exact) mass is 488 g/mol. The molecule has 2 aromatic carbocycles. The van der Waals surface area contributed by atoms with Crippen molar-refractivity contribution >= 4 is 11.6 Å². The Kier molecular flexibility index (Phi) is 7.93. The van der Waals surface area contributed by atoms with E-state index < -0.39 is 42.7 Å². The van der Waals surface area contributed by atoms with Crippen LogP contribution in [0, 0.1) is 11.8 Å². The van der Waals surface area contributed by atoms with E-state index in [0.717, 1.165) is 16.7 Å². The minimum atomic E-state index is -1.44. The fourth-order valence-corrected chi connectivity index (χ4v) is 4.42. The van der Waals surface area contributed by atoms with E-state index in [-0.39, 0.29) is 0 Å². The first-order valence-electron chi connectivity index (χ1n) is 11.3. The highest BCUT2D eigenvalue weighted by Gasteiger charge is 2.44. The molecular weight excluding hydrogens is 460 g/mol. The molecule has 0 saturated carbocycles. The van der Waals surface area contributed by atoms with Crippen LogP contribution in [0.3, 0.4) is 0 Å².